The first-order valence-corrected chi connectivity index (χ1v) is 6.95. The topological polar surface area (TPSA) is 34.1 Å². The van der Waals surface area contributed by atoms with Gasteiger partial charge in [0.1, 0.15) is 11.9 Å². The Hall–Kier alpha value is -0.610. The minimum absolute atomic E-state index is 0.201. The second-order valence-corrected chi connectivity index (χ2v) is 5.84. The van der Waals surface area contributed by atoms with E-state index in [4.69, 9.17) is 4.74 Å². The van der Waals surface area contributed by atoms with Crippen LogP contribution < -0.4 is 10.1 Å². The van der Waals surface area contributed by atoms with Gasteiger partial charge in [-0.15, -0.1) is 0 Å². The molecule has 1 N–H and O–H groups in total. The van der Waals surface area contributed by atoms with Crippen LogP contribution in [0.15, 0.2) is 22.9 Å². The van der Waals surface area contributed by atoms with Crippen molar-refractivity contribution in [2.75, 3.05) is 6.54 Å². The average Bonchev–Trinajstić information content (AvgIpc) is 3.07. The van der Waals surface area contributed by atoms with Crippen molar-refractivity contribution in [3.8, 4) is 5.75 Å². The fourth-order valence-corrected chi connectivity index (χ4v) is 1.96. The minimum Gasteiger partial charge on any atom is -0.487 e. The molecular formula is C13H19BrN2O. The lowest BCUT2D eigenvalue weighted by Gasteiger charge is -2.23. The molecule has 4 heteroatoms. The van der Waals surface area contributed by atoms with Crippen molar-refractivity contribution in [3.63, 3.8) is 0 Å². The third kappa shape index (κ3) is 4.28. The standard InChI is InChI=1S/C13H19BrN2O/c1-9(2)13(8-16-11-3-4-11)17-12-5-10(14)6-15-7-12/h5-7,9,11,13,16H,3-4,8H2,1-2H3. The first-order valence-electron chi connectivity index (χ1n) is 6.15. The largest absolute Gasteiger partial charge is 0.487 e. The van der Waals surface area contributed by atoms with E-state index in [0.29, 0.717) is 5.92 Å². The highest BCUT2D eigenvalue weighted by molar-refractivity contribution is 9.10. The number of nitrogens with one attached hydrogen (secondary N) is 1. The Kier molecular flexibility index (Phi) is 4.40. The van der Waals surface area contributed by atoms with E-state index in [0.717, 1.165) is 22.8 Å². The summed E-state index contributed by atoms with van der Waals surface area (Å²) in [6.07, 6.45) is 6.34. The van der Waals surface area contributed by atoms with E-state index in [1.807, 2.05) is 6.07 Å². The van der Waals surface area contributed by atoms with Gasteiger partial charge in [0.05, 0.1) is 6.20 Å². The number of pyridine rings is 1. The third-order valence-electron chi connectivity index (χ3n) is 2.90. The van der Waals surface area contributed by atoms with Gasteiger partial charge in [0.25, 0.3) is 0 Å². The quantitative estimate of drug-likeness (QED) is 0.877. The van der Waals surface area contributed by atoms with Gasteiger partial charge in [-0.2, -0.15) is 0 Å². The number of nitrogens with zero attached hydrogens (tertiary/aromatic N) is 1. The Labute approximate surface area is 111 Å². The van der Waals surface area contributed by atoms with E-state index >= 15 is 0 Å². The highest BCUT2D eigenvalue weighted by Gasteiger charge is 2.23. The fourth-order valence-electron chi connectivity index (χ4n) is 1.62. The van der Waals surface area contributed by atoms with Gasteiger partial charge in [0, 0.05) is 23.3 Å². The Morgan fingerprint density at radius 3 is 2.82 bits per heavy atom. The van der Waals surface area contributed by atoms with Crippen molar-refractivity contribution in [1.82, 2.24) is 10.3 Å². The average molecular weight is 299 g/mol. The summed E-state index contributed by atoms with van der Waals surface area (Å²) in [6, 6.07) is 2.68. The van der Waals surface area contributed by atoms with Crippen LogP contribution in [0.1, 0.15) is 26.7 Å². The molecule has 94 valence electrons. The van der Waals surface area contributed by atoms with E-state index in [9.17, 15) is 0 Å². The molecule has 1 aliphatic carbocycles. The Morgan fingerprint density at radius 1 is 1.47 bits per heavy atom. The smallest absolute Gasteiger partial charge is 0.139 e. The van der Waals surface area contributed by atoms with Gasteiger partial charge in [0.2, 0.25) is 0 Å². The van der Waals surface area contributed by atoms with Crippen LogP contribution in [0.25, 0.3) is 0 Å². The lowest BCUT2D eigenvalue weighted by atomic mass is 10.1. The number of halogens is 1. The maximum Gasteiger partial charge on any atom is 0.139 e. The van der Waals surface area contributed by atoms with E-state index in [2.05, 4.69) is 40.1 Å². The van der Waals surface area contributed by atoms with Gasteiger partial charge in [-0.1, -0.05) is 13.8 Å². The van der Waals surface area contributed by atoms with Crippen LogP contribution in [0, 0.1) is 5.92 Å². The van der Waals surface area contributed by atoms with Crippen molar-refractivity contribution >= 4 is 15.9 Å². The summed E-state index contributed by atoms with van der Waals surface area (Å²) in [5.74, 6) is 1.32. The highest BCUT2D eigenvalue weighted by Crippen LogP contribution is 2.21. The van der Waals surface area contributed by atoms with Crippen molar-refractivity contribution in [2.24, 2.45) is 5.92 Å². The second kappa shape index (κ2) is 5.83. The van der Waals surface area contributed by atoms with Gasteiger partial charge in [0.15, 0.2) is 0 Å². The number of aromatic nitrogens is 1. The van der Waals surface area contributed by atoms with Crippen LogP contribution in [0.3, 0.4) is 0 Å². The van der Waals surface area contributed by atoms with Crippen LogP contribution in [0.4, 0.5) is 0 Å². The number of hydrogen-bond donors (Lipinski definition) is 1. The molecule has 1 heterocycles. The van der Waals surface area contributed by atoms with Gasteiger partial charge < -0.3 is 10.1 Å². The molecule has 2 rings (SSSR count). The van der Waals surface area contributed by atoms with Gasteiger partial charge in [-0.25, -0.2) is 0 Å². The molecular weight excluding hydrogens is 280 g/mol. The van der Waals surface area contributed by atoms with E-state index in [1.54, 1.807) is 12.4 Å². The second-order valence-electron chi connectivity index (χ2n) is 4.92. The molecule has 0 bridgehead atoms. The highest BCUT2D eigenvalue weighted by atomic mass is 79.9. The molecule has 0 saturated heterocycles. The fraction of sp³-hybridized carbons (Fsp3) is 0.615. The normalized spacial score (nSPS) is 17.2. The summed E-state index contributed by atoms with van der Waals surface area (Å²) in [4.78, 5) is 4.11. The summed E-state index contributed by atoms with van der Waals surface area (Å²) < 4.78 is 6.93. The van der Waals surface area contributed by atoms with Gasteiger partial charge in [-0.3, -0.25) is 4.98 Å². The van der Waals surface area contributed by atoms with Crippen LogP contribution in [0.5, 0.6) is 5.75 Å². The van der Waals surface area contributed by atoms with E-state index < -0.39 is 0 Å². The van der Waals surface area contributed by atoms with Gasteiger partial charge in [-0.05, 0) is 40.8 Å². The number of rotatable bonds is 6. The molecule has 1 unspecified atom stereocenters. The van der Waals surface area contributed by atoms with E-state index in [1.165, 1.54) is 12.8 Å². The monoisotopic (exact) mass is 298 g/mol. The predicted molar refractivity (Wildman–Crippen MR) is 72.2 cm³/mol. The van der Waals surface area contributed by atoms with Crippen molar-refractivity contribution < 1.29 is 4.74 Å². The Bertz CT molecular complexity index is 366. The maximum atomic E-state index is 5.98. The van der Waals surface area contributed by atoms with Gasteiger partial charge >= 0.3 is 0 Å². The molecule has 17 heavy (non-hydrogen) atoms. The molecule has 0 amide bonds. The molecule has 1 aliphatic rings. The summed E-state index contributed by atoms with van der Waals surface area (Å²) in [6.45, 7) is 5.28. The molecule has 0 radical (unpaired) electrons. The zero-order chi connectivity index (χ0) is 12.3. The molecule has 0 spiro atoms. The summed E-state index contributed by atoms with van der Waals surface area (Å²) >= 11 is 3.40. The molecule has 1 atom stereocenters. The first-order chi connectivity index (χ1) is 8.15. The molecule has 1 fully saturated rings. The lowest BCUT2D eigenvalue weighted by Crippen LogP contribution is -2.36. The molecule has 1 aromatic rings. The van der Waals surface area contributed by atoms with Crippen LogP contribution >= 0.6 is 15.9 Å². The molecule has 0 aromatic carbocycles. The zero-order valence-corrected chi connectivity index (χ0v) is 11.9. The van der Waals surface area contributed by atoms with Crippen molar-refractivity contribution in [1.29, 1.82) is 0 Å². The molecule has 3 nitrogen and oxygen atoms in total. The number of ether oxygens (including phenoxy) is 1. The summed E-state index contributed by atoms with van der Waals surface area (Å²) in [5, 5.41) is 3.52. The summed E-state index contributed by atoms with van der Waals surface area (Å²) in [5.41, 5.74) is 0. The lowest BCUT2D eigenvalue weighted by molar-refractivity contribution is 0.148. The van der Waals surface area contributed by atoms with Crippen LogP contribution in [-0.2, 0) is 0 Å². The predicted octanol–water partition coefficient (Wildman–Crippen LogP) is 3.00. The van der Waals surface area contributed by atoms with E-state index in [-0.39, 0.29) is 6.10 Å². The SMILES string of the molecule is CC(C)C(CNC1CC1)Oc1cncc(Br)c1. The summed E-state index contributed by atoms with van der Waals surface area (Å²) in [7, 11) is 0. The van der Waals surface area contributed by atoms with Crippen LogP contribution in [0.2, 0.25) is 0 Å². The van der Waals surface area contributed by atoms with Crippen LogP contribution in [-0.4, -0.2) is 23.7 Å². The zero-order valence-electron chi connectivity index (χ0n) is 10.3. The Balaban J connectivity index is 1.91. The van der Waals surface area contributed by atoms with Crippen molar-refractivity contribution in [2.45, 2.75) is 38.8 Å². The number of hydrogen-bond acceptors (Lipinski definition) is 3. The van der Waals surface area contributed by atoms with Crippen molar-refractivity contribution in [3.05, 3.63) is 22.9 Å². The first kappa shape index (κ1) is 12.8. The molecule has 0 aliphatic heterocycles. The maximum absolute atomic E-state index is 5.98. The Morgan fingerprint density at radius 2 is 2.24 bits per heavy atom. The minimum atomic E-state index is 0.201. The molecule has 1 saturated carbocycles. The molecule has 1 aromatic heterocycles. The third-order valence-corrected chi connectivity index (χ3v) is 3.33.